The predicted octanol–water partition coefficient (Wildman–Crippen LogP) is 7.46. The Balaban J connectivity index is 2.24. The fourth-order valence-electron chi connectivity index (χ4n) is 4.16. The van der Waals surface area contributed by atoms with Gasteiger partial charge in [0.05, 0.1) is 0 Å². The summed E-state index contributed by atoms with van der Waals surface area (Å²) in [5.41, 5.74) is 5.09. The van der Waals surface area contributed by atoms with Crippen molar-refractivity contribution in [2.75, 3.05) is 42.6 Å². The molecule has 0 aromatic heterocycles. The van der Waals surface area contributed by atoms with Crippen molar-refractivity contribution in [2.24, 2.45) is 0 Å². The smallest absolute Gasteiger partial charge is 0.108 e. The Morgan fingerprint density at radius 3 is 1.19 bits per heavy atom. The van der Waals surface area contributed by atoms with Crippen molar-refractivity contribution in [1.29, 1.82) is 0 Å². The SMILES string of the molecule is CCCOC(c1ccc(N(CCC)CCC)cc1)c1ccc(N(CCC)CCC)cc1. The van der Waals surface area contributed by atoms with Gasteiger partial charge in [0, 0.05) is 44.2 Å². The van der Waals surface area contributed by atoms with Crippen molar-refractivity contribution in [2.45, 2.75) is 72.8 Å². The third-order valence-corrected chi connectivity index (χ3v) is 5.58. The van der Waals surface area contributed by atoms with Gasteiger partial charge in [0.15, 0.2) is 0 Å². The molecule has 0 aliphatic carbocycles. The number of rotatable bonds is 15. The molecule has 0 saturated heterocycles. The van der Waals surface area contributed by atoms with Gasteiger partial charge in [0.1, 0.15) is 6.10 Å². The van der Waals surface area contributed by atoms with Crippen LogP contribution in [0.2, 0.25) is 0 Å². The molecule has 3 nitrogen and oxygen atoms in total. The van der Waals surface area contributed by atoms with Gasteiger partial charge in [-0.25, -0.2) is 0 Å². The number of anilines is 2. The van der Waals surface area contributed by atoms with E-state index >= 15 is 0 Å². The number of benzene rings is 2. The molecule has 0 radical (unpaired) electrons. The molecule has 3 heteroatoms. The van der Waals surface area contributed by atoms with E-state index < -0.39 is 0 Å². The van der Waals surface area contributed by atoms with E-state index in [-0.39, 0.29) is 6.10 Å². The van der Waals surface area contributed by atoms with Crippen LogP contribution in [-0.4, -0.2) is 32.8 Å². The van der Waals surface area contributed by atoms with Crippen LogP contribution in [0.25, 0.3) is 0 Å². The quantitative estimate of drug-likeness (QED) is 0.295. The maximum atomic E-state index is 6.33. The predicted molar refractivity (Wildman–Crippen MR) is 137 cm³/mol. The summed E-state index contributed by atoms with van der Waals surface area (Å²) in [6, 6.07) is 18.1. The topological polar surface area (TPSA) is 15.7 Å². The first-order valence-corrected chi connectivity index (χ1v) is 12.5. The molecule has 0 spiro atoms. The average molecular weight is 425 g/mol. The van der Waals surface area contributed by atoms with E-state index in [2.05, 4.69) is 92.9 Å². The summed E-state index contributed by atoms with van der Waals surface area (Å²) in [6.07, 6.45) is 5.69. The first kappa shape index (κ1) is 25.3. The normalized spacial score (nSPS) is 11.2. The monoisotopic (exact) mass is 424 g/mol. The second-order valence-electron chi connectivity index (χ2n) is 8.41. The lowest BCUT2D eigenvalue weighted by Crippen LogP contribution is -2.25. The van der Waals surface area contributed by atoms with Crippen LogP contribution >= 0.6 is 0 Å². The summed E-state index contributed by atoms with van der Waals surface area (Å²) >= 11 is 0. The minimum Gasteiger partial charge on any atom is -0.372 e. The Morgan fingerprint density at radius 2 is 0.903 bits per heavy atom. The van der Waals surface area contributed by atoms with E-state index in [0.29, 0.717) is 0 Å². The fourth-order valence-corrected chi connectivity index (χ4v) is 4.16. The summed E-state index contributed by atoms with van der Waals surface area (Å²) in [6.45, 7) is 16.4. The summed E-state index contributed by atoms with van der Waals surface area (Å²) in [4.78, 5) is 4.97. The average Bonchev–Trinajstić information content (AvgIpc) is 2.80. The first-order valence-electron chi connectivity index (χ1n) is 12.5. The van der Waals surface area contributed by atoms with Crippen LogP contribution in [-0.2, 0) is 4.74 Å². The van der Waals surface area contributed by atoms with Crippen LogP contribution in [0.3, 0.4) is 0 Å². The van der Waals surface area contributed by atoms with Crippen molar-refractivity contribution in [1.82, 2.24) is 0 Å². The fraction of sp³-hybridized carbons (Fsp3) is 0.571. The van der Waals surface area contributed by atoms with Gasteiger partial charge in [-0.1, -0.05) is 58.9 Å². The van der Waals surface area contributed by atoms with Crippen molar-refractivity contribution in [3.63, 3.8) is 0 Å². The molecule has 2 aromatic carbocycles. The molecule has 0 N–H and O–H groups in total. The van der Waals surface area contributed by atoms with E-state index in [1.807, 2.05) is 0 Å². The number of hydrogen-bond donors (Lipinski definition) is 0. The lowest BCUT2D eigenvalue weighted by Gasteiger charge is -2.26. The van der Waals surface area contributed by atoms with Crippen LogP contribution < -0.4 is 9.80 Å². The van der Waals surface area contributed by atoms with E-state index in [1.165, 1.54) is 48.2 Å². The molecule has 0 aliphatic heterocycles. The van der Waals surface area contributed by atoms with E-state index in [1.54, 1.807) is 0 Å². The van der Waals surface area contributed by atoms with Gasteiger partial charge >= 0.3 is 0 Å². The van der Waals surface area contributed by atoms with Crippen LogP contribution in [0.15, 0.2) is 48.5 Å². The van der Waals surface area contributed by atoms with Gasteiger partial charge < -0.3 is 14.5 Å². The van der Waals surface area contributed by atoms with E-state index in [4.69, 9.17) is 4.74 Å². The van der Waals surface area contributed by atoms with Gasteiger partial charge in [0.25, 0.3) is 0 Å². The molecule has 0 saturated carbocycles. The number of hydrogen-bond acceptors (Lipinski definition) is 3. The summed E-state index contributed by atoms with van der Waals surface area (Å²) < 4.78 is 6.33. The first-order chi connectivity index (χ1) is 15.2. The third kappa shape index (κ3) is 7.57. The minimum absolute atomic E-state index is 0.0142. The molecule has 31 heavy (non-hydrogen) atoms. The molecule has 0 unspecified atom stereocenters. The Kier molecular flexibility index (Phi) is 11.5. The highest BCUT2D eigenvalue weighted by Crippen LogP contribution is 2.30. The zero-order valence-corrected chi connectivity index (χ0v) is 20.6. The van der Waals surface area contributed by atoms with Gasteiger partial charge in [-0.2, -0.15) is 0 Å². The third-order valence-electron chi connectivity index (χ3n) is 5.58. The highest BCUT2D eigenvalue weighted by Gasteiger charge is 2.16. The van der Waals surface area contributed by atoms with Crippen LogP contribution in [0.5, 0.6) is 0 Å². The van der Waals surface area contributed by atoms with Crippen molar-refractivity contribution in [3.05, 3.63) is 59.7 Å². The molecule has 0 fully saturated rings. The summed E-state index contributed by atoms with van der Waals surface area (Å²) in [5.74, 6) is 0. The lowest BCUT2D eigenvalue weighted by molar-refractivity contribution is 0.0806. The number of ether oxygens (including phenoxy) is 1. The van der Waals surface area contributed by atoms with Crippen molar-refractivity contribution < 1.29 is 4.74 Å². The maximum Gasteiger partial charge on any atom is 0.108 e. The Labute approximate surface area is 191 Å². The Morgan fingerprint density at radius 1 is 0.548 bits per heavy atom. The zero-order valence-electron chi connectivity index (χ0n) is 20.6. The van der Waals surface area contributed by atoms with Crippen molar-refractivity contribution >= 4 is 11.4 Å². The molecular weight excluding hydrogens is 380 g/mol. The van der Waals surface area contributed by atoms with Gasteiger partial charge in [0.2, 0.25) is 0 Å². The highest BCUT2D eigenvalue weighted by molar-refractivity contribution is 5.51. The van der Waals surface area contributed by atoms with Crippen molar-refractivity contribution in [3.8, 4) is 0 Å². The molecule has 0 heterocycles. The Hall–Kier alpha value is -2.00. The zero-order chi connectivity index (χ0) is 22.5. The Bertz CT molecular complexity index is 639. The molecule has 172 valence electrons. The van der Waals surface area contributed by atoms with Crippen LogP contribution in [0.4, 0.5) is 11.4 Å². The van der Waals surface area contributed by atoms with Crippen LogP contribution in [0.1, 0.15) is 84.0 Å². The molecular formula is C28H44N2O. The molecule has 2 rings (SSSR count). The second kappa shape index (κ2) is 14.1. The highest BCUT2D eigenvalue weighted by atomic mass is 16.5. The maximum absolute atomic E-state index is 6.33. The van der Waals surface area contributed by atoms with E-state index in [0.717, 1.165) is 39.2 Å². The molecule has 0 bridgehead atoms. The number of nitrogens with zero attached hydrogens (tertiary/aromatic N) is 2. The van der Waals surface area contributed by atoms with E-state index in [9.17, 15) is 0 Å². The molecule has 0 atom stereocenters. The molecule has 0 amide bonds. The van der Waals surface area contributed by atoms with Gasteiger partial charge in [-0.05, 0) is 67.5 Å². The van der Waals surface area contributed by atoms with Gasteiger partial charge in [-0.3, -0.25) is 0 Å². The minimum atomic E-state index is -0.0142. The second-order valence-corrected chi connectivity index (χ2v) is 8.41. The largest absolute Gasteiger partial charge is 0.372 e. The summed E-state index contributed by atoms with van der Waals surface area (Å²) in [5, 5.41) is 0. The van der Waals surface area contributed by atoms with Gasteiger partial charge in [-0.15, -0.1) is 0 Å². The molecule has 0 aliphatic rings. The standard InChI is InChI=1S/C28H44N2O/c1-6-19-29(20-7-2)26-15-11-24(12-16-26)28(31-23-10-5)25-13-17-27(18-14-25)30(21-8-3)22-9-4/h11-18,28H,6-10,19-23H2,1-5H3. The summed E-state index contributed by atoms with van der Waals surface area (Å²) in [7, 11) is 0. The lowest BCUT2D eigenvalue weighted by atomic mass is 10.00. The van der Waals surface area contributed by atoms with Crippen LogP contribution in [0, 0.1) is 0 Å². The molecule has 2 aromatic rings.